The predicted octanol–water partition coefficient (Wildman–Crippen LogP) is 3.88. The predicted molar refractivity (Wildman–Crippen MR) is 78.8 cm³/mol. The van der Waals surface area contributed by atoms with E-state index in [0.29, 0.717) is 11.1 Å². The highest BCUT2D eigenvalue weighted by Crippen LogP contribution is 2.38. The number of hydrogen-bond acceptors (Lipinski definition) is 3. The zero-order valence-corrected chi connectivity index (χ0v) is 12.5. The first-order valence-electron chi connectivity index (χ1n) is 7.40. The monoisotopic (exact) mass is 279 g/mol. The highest BCUT2D eigenvalue weighted by Gasteiger charge is 2.32. The van der Waals surface area contributed by atoms with Crippen LogP contribution in [0.4, 0.5) is 5.82 Å². The van der Waals surface area contributed by atoms with Crippen molar-refractivity contribution in [3.8, 4) is 0 Å². The van der Waals surface area contributed by atoms with Crippen LogP contribution in [0.25, 0.3) is 0 Å². The fourth-order valence-corrected chi connectivity index (χ4v) is 4.07. The highest BCUT2D eigenvalue weighted by atomic mass is 35.5. The third-order valence-corrected chi connectivity index (χ3v) is 4.84. The Morgan fingerprint density at radius 3 is 2.53 bits per heavy atom. The minimum Gasteiger partial charge on any atom is -0.356 e. The minimum atomic E-state index is 0.366. The lowest BCUT2D eigenvalue weighted by molar-refractivity contribution is 0.230. The Labute approximate surface area is 120 Å². The molecule has 1 aromatic heterocycles. The Hall–Kier alpha value is -0.830. The van der Waals surface area contributed by atoms with Crippen molar-refractivity contribution in [1.82, 2.24) is 9.97 Å². The van der Waals surface area contributed by atoms with E-state index in [1.165, 1.54) is 25.7 Å². The van der Waals surface area contributed by atoms with E-state index in [-0.39, 0.29) is 0 Å². The summed E-state index contributed by atoms with van der Waals surface area (Å²) in [4.78, 5) is 11.2. The molecule has 2 atom stereocenters. The van der Waals surface area contributed by atoms with Crippen molar-refractivity contribution < 1.29 is 0 Å². The van der Waals surface area contributed by atoms with E-state index in [0.717, 1.165) is 36.3 Å². The van der Waals surface area contributed by atoms with Crippen LogP contribution in [0.1, 0.15) is 51.0 Å². The van der Waals surface area contributed by atoms with Crippen LogP contribution < -0.4 is 4.90 Å². The highest BCUT2D eigenvalue weighted by molar-refractivity contribution is 6.30. The van der Waals surface area contributed by atoms with Crippen molar-refractivity contribution in [2.45, 2.75) is 45.4 Å². The summed E-state index contributed by atoms with van der Waals surface area (Å²) >= 11 is 6.29. The van der Waals surface area contributed by atoms with Crippen LogP contribution in [0.3, 0.4) is 0 Å². The van der Waals surface area contributed by atoms with Gasteiger partial charge in [-0.05, 0) is 37.0 Å². The van der Waals surface area contributed by atoms with Gasteiger partial charge < -0.3 is 4.90 Å². The summed E-state index contributed by atoms with van der Waals surface area (Å²) < 4.78 is 0. The van der Waals surface area contributed by atoms with Crippen LogP contribution in [0.2, 0.25) is 5.15 Å². The van der Waals surface area contributed by atoms with Gasteiger partial charge in [-0.2, -0.15) is 0 Å². The summed E-state index contributed by atoms with van der Waals surface area (Å²) in [6.07, 6.45) is 7.18. The molecular formula is C15H22ClN3. The number of hydrogen-bond donors (Lipinski definition) is 0. The molecule has 0 spiro atoms. The minimum absolute atomic E-state index is 0.366. The van der Waals surface area contributed by atoms with E-state index >= 15 is 0 Å². The number of rotatable bonds is 2. The lowest BCUT2D eigenvalue weighted by Crippen LogP contribution is -2.43. The molecule has 1 saturated heterocycles. The van der Waals surface area contributed by atoms with Crippen molar-refractivity contribution >= 4 is 17.4 Å². The zero-order valence-electron chi connectivity index (χ0n) is 11.8. The van der Waals surface area contributed by atoms with E-state index in [9.17, 15) is 0 Å². The van der Waals surface area contributed by atoms with Crippen molar-refractivity contribution in [2.75, 3.05) is 18.0 Å². The Morgan fingerprint density at radius 2 is 1.89 bits per heavy atom. The maximum atomic E-state index is 6.29. The second-order valence-corrected chi connectivity index (χ2v) is 6.72. The molecule has 104 valence electrons. The zero-order chi connectivity index (χ0) is 13.4. The molecule has 2 unspecified atom stereocenters. The molecule has 3 rings (SSSR count). The van der Waals surface area contributed by atoms with Crippen LogP contribution in [-0.4, -0.2) is 23.1 Å². The van der Waals surface area contributed by atoms with Gasteiger partial charge in [-0.15, -0.1) is 0 Å². The first-order valence-corrected chi connectivity index (χ1v) is 7.78. The van der Waals surface area contributed by atoms with Gasteiger partial charge in [0.15, 0.2) is 0 Å². The van der Waals surface area contributed by atoms with Gasteiger partial charge in [0.1, 0.15) is 17.3 Å². The summed E-state index contributed by atoms with van der Waals surface area (Å²) in [6, 6.07) is 0. The Morgan fingerprint density at radius 1 is 1.21 bits per heavy atom. The van der Waals surface area contributed by atoms with E-state index in [2.05, 4.69) is 28.7 Å². The first kappa shape index (κ1) is 13.2. The summed E-state index contributed by atoms with van der Waals surface area (Å²) in [5.74, 6) is 3.14. The van der Waals surface area contributed by atoms with Crippen LogP contribution in [-0.2, 0) is 0 Å². The van der Waals surface area contributed by atoms with Crippen molar-refractivity contribution in [2.24, 2.45) is 11.8 Å². The lowest BCUT2D eigenvalue weighted by atomic mass is 9.78. The molecule has 2 bridgehead atoms. The van der Waals surface area contributed by atoms with Crippen molar-refractivity contribution in [1.29, 1.82) is 0 Å². The molecule has 2 fully saturated rings. The van der Waals surface area contributed by atoms with Gasteiger partial charge in [0, 0.05) is 18.7 Å². The quantitative estimate of drug-likeness (QED) is 0.770. The SMILES string of the molecule is CC(C)c1c(Cl)ncnc1N1CC2CCCC(C2)C1. The standard InChI is InChI=1S/C15H22ClN3/c1-10(2)13-14(16)17-9-18-15(13)19-7-11-4-3-5-12(6-11)8-19/h9-12H,3-8H2,1-2H3. The van der Waals surface area contributed by atoms with Crippen LogP contribution in [0.15, 0.2) is 6.33 Å². The molecule has 1 aliphatic heterocycles. The van der Waals surface area contributed by atoms with Crippen LogP contribution >= 0.6 is 11.6 Å². The average Bonchev–Trinajstić information content (AvgIpc) is 2.37. The molecule has 2 aliphatic rings. The van der Waals surface area contributed by atoms with E-state index in [1.54, 1.807) is 6.33 Å². The molecule has 0 amide bonds. The van der Waals surface area contributed by atoms with Crippen LogP contribution in [0.5, 0.6) is 0 Å². The molecule has 1 aliphatic carbocycles. The van der Waals surface area contributed by atoms with Crippen molar-refractivity contribution in [3.05, 3.63) is 17.0 Å². The summed E-state index contributed by atoms with van der Waals surface area (Å²) in [5, 5.41) is 0.621. The molecule has 0 radical (unpaired) electrons. The number of aromatic nitrogens is 2. The third kappa shape index (κ3) is 2.58. The van der Waals surface area contributed by atoms with Gasteiger partial charge in [0.25, 0.3) is 0 Å². The molecule has 2 heterocycles. The van der Waals surface area contributed by atoms with Gasteiger partial charge in [-0.1, -0.05) is 31.9 Å². The summed E-state index contributed by atoms with van der Waals surface area (Å²) in [5.41, 5.74) is 1.11. The second kappa shape index (κ2) is 5.28. The molecule has 1 aromatic rings. The average molecular weight is 280 g/mol. The fourth-order valence-electron chi connectivity index (χ4n) is 3.72. The molecule has 19 heavy (non-hydrogen) atoms. The Kier molecular flexibility index (Phi) is 3.66. The molecule has 3 nitrogen and oxygen atoms in total. The largest absolute Gasteiger partial charge is 0.356 e. The van der Waals surface area contributed by atoms with Gasteiger partial charge in [0.2, 0.25) is 0 Å². The summed E-state index contributed by atoms with van der Waals surface area (Å²) in [6.45, 7) is 6.62. The molecule has 4 heteroatoms. The normalized spacial score (nSPS) is 26.8. The lowest BCUT2D eigenvalue weighted by Gasteiger charge is -2.42. The van der Waals surface area contributed by atoms with E-state index in [4.69, 9.17) is 11.6 Å². The smallest absolute Gasteiger partial charge is 0.138 e. The molecular weight excluding hydrogens is 258 g/mol. The van der Waals surface area contributed by atoms with Gasteiger partial charge >= 0.3 is 0 Å². The number of piperidine rings is 1. The number of fused-ring (bicyclic) bond motifs is 2. The maximum Gasteiger partial charge on any atom is 0.138 e. The topological polar surface area (TPSA) is 29.0 Å². The first-order chi connectivity index (χ1) is 9.15. The third-order valence-electron chi connectivity index (χ3n) is 4.54. The number of nitrogens with zero attached hydrogens (tertiary/aromatic N) is 3. The van der Waals surface area contributed by atoms with Gasteiger partial charge in [-0.25, -0.2) is 9.97 Å². The Balaban J connectivity index is 1.91. The summed E-state index contributed by atoms with van der Waals surface area (Å²) in [7, 11) is 0. The number of halogens is 1. The molecule has 1 saturated carbocycles. The van der Waals surface area contributed by atoms with Gasteiger partial charge in [0.05, 0.1) is 0 Å². The van der Waals surface area contributed by atoms with Crippen molar-refractivity contribution in [3.63, 3.8) is 0 Å². The Bertz CT molecular complexity index is 449. The van der Waals surface area contributed by atoms with Gasteiger partial charge in [-0.3, -0.25) is 0 Å². The number of anilines is 1. The second-order valence-electron chi connectivity index (χ2n) is 6.36. The van der Waals surface area contributed by atoms with E-state index in [1.807, 2.05) is 0 Å². The molecule has 0 aromatic carbocycles. The van der Waals surface area contributed by atoms with Crippen LogP contribution in [0, 0.1) is 11.8 Å². The fraction of sp³-hybridized carbons (Fsp3) is 0.733. The molecule has 0 N–H and O–H groups in total. The maximum absolute atomic E-state index is 6.29. The van der Waals surface area contributed by atoms with E-state index < -0.39 is 0 Å².